The smallest absolute Gasteiger partial charge is 0.550 e. The summed E-state index contributed by atoms with van der Waals surface area (Å²) in [6.45, 7) is 0. The number of carbonyl (C=O) groups excluding carboxylic acids is 2. The summed E-state index contributed by atoms with van der Waals surface area (Å²) in [5.74, 6) is -2.75. The summed E-state index contributed by atoms with van der Waals surface area (Å²) in [6.07, 6.45) is -0.500. The molecule has 0 aromatic carbocycles. The molecule has 0 aliphatic carbocycles. The minimum atomic E-state index is -1.44. The van der Waals surface area contributed by atoms with Crippen LogP contribution in [0.25, 0.3) is 0 Å². The Hall–Kier alpha value is -1.01. The molecule has 0 bridgehead atoms. The van der Waals surface area contributed by atoms with E-state index >= 15 is 0 Å². The maximum absolute atomic E-state index is 9.86. The van der Waals surface area contributed by atoms with E-state index in [-0.39, 0.29) is 33.9 Å². The molecule has 0 aliphatic heterocycles. The third kappa shape index (κ3) is 13.9. The number of hydrogen-bond acceptors (Lipinski definition) is 5. The number of carboxylic acids is 2. The number of hydrogen-bond donors (Lipinski definition) is 1. The average molecular weight is 190 g/mol. The predicted molar refractivity (Wildman–Crippen MR) is 40.2 cm³/mol. The molecule has 0 unspecified atom stereocenters. The van der Waals surface area contributed by atoms with Crippen molar-refractivity contribution >= 4 is 22.1 Å². The van der Waals surface area contributed by atoms with E-state index in [4.69, 9.17) is 5.73 Å². The van der Waals surface area contributed by atoms with Crippen LogP contribution in [0.15, 0.2) is 0 Å². The topological polar surface area (TPSA) is 169 Å². The fourth-order valence-corrected chi connectivity index (χ4v) is 0.391. The molecule has 0 amide bonds. The fraction of sp³-hybridized carbons (Fsp3) is 0.600. The van der Waals surface area contributed by atoms with Crippen LogP contribution in [0.1, 0.15) is 12.8 Å². The minimum Gasteiger partial charge on any atom is -0.550 e. The van der Waals surface area contributed by atoms with Crippen molar-refractivity contribution in [2.45, 2.75) is 18.9 Å². The molecule has 1 atom stereocenters. The van der Waals surface area contributed by atoms with Gasteiger partial charge in [0.1, 0.15) is 0 Å². The Kier molecular flexibility index (Phi) is 19.2. The molecule has 8 heteroatoms. The summed E-state index contributed by atoms with van der Waals surface area (Å²) < 4.78 is 0. The van der Waals surface area contributed by atoms with Crippen LogP contribution in [-0.2, 0) is 9.59 Å². The number of carboxylic acid groups (broad SMARTS) is 2. The van der Waals surface area contributed by atoms with E-state index in [1.54, 1.807) is 0 Å². The van der Waals surface area contributed by atoms with Gasteiger partial charge in [-0.2, -0.15) is 0 Å². The van der Waals surface area contributed by atoms with Gasteiger partial charge in [-0.15, -0.1) is 0 Å². The molecule has 74 valence electrons. The Morgan fingerprint density at radius 2 is 1.62 bits per heavy atom. The van der Waals surface area contributed by atoms with Gasteiger partial charge in [-0.25, -0.2) is 0 Å². The molecular weight excluding hydrogens is 179 g/mol. The van der Waals surface area contributed by atoms with Gasteiger partial charge < -0.3 is 36.5 Å². The van der Waals surface area contributed by atoms with Crippen molar-refractivity contribution in [1.29, 1.82) is 0 Å². The van der Waals surface area contributed by atoms with E-state index in [1.807, 2.05) is 0 Å². The summed E-state index contributed by atoms with van der Waals surface area (Å²) in [5.41, 5.74) is 4.91. The Morgan fingerprint density at radius 3 is 1.85 bits per heavy atom. The van der Waals surface area contributed by atoms with Crippen LogP contribution in [0, 0.1) is 0 Å². The van der Waals surface area contributed by atoms with Gasteiger partial charge in [0, 0.05) is 12.0 Å². The summed E-state index contributed by atoms with van der Waals surface area (Å²) in [4.78, 5) is 19.6. The van der Waals surface area contributed by atoms with Crippen LogP contribution in [-0.4, -0.2) is 39.1 Å². The first-order chi connectivity index (χ1) is 4.54. The van der Waals surface area contributed by atoms with Crippen LogP contribution >= 0.6 is 0 Å². The molecule has 6 N–H and O–H groups in total. The quantitative estimate of drug-likeness (QED) is 0.435. The first kappa shape index (κ1) is 22.7. The maximum atomic E-state index is 9.86. The first-order valence-corrected chi connectivity index (χ1v) is 2.70. The van der Waals surface area contributed by atoms with Gasteiger partial charge in [0.25, 0.3) is 0 Å². The summed E-state index contributed by atoms with van der Waals surface area (Å²) in [6, 6.07) is -1.21. The number of rotatable bonds is 4. The molecule has 0 rings (SSSR count). The molecule has 0 aromatic rings. The molecular formula is C5H11BeNO6. The molecule has 0 aliphatic rings. The second-order valence-corrected chi connectivity index (χ2v) is 1.84. The van der Waals surface area contributed by atoms with Crippen LogP contribution < -0.4 is 15.9 Å². The van der Waals surface area contributed by atoms with E-state index in [0.717, 1.165) is 0 Å². The van der Waals surface area contributed by atoms with Gasteiger partial charge in [0.15, 0.2) is 0 Å². The zero-order valence-corrected chi connectivity index (χ0v) is 6.91. The average Bonchev–Trinajstić information content (AvgIpc) is 1.82. The molecule has 0 aromatic heterocycles. The molecule has 0 radical (unpaired) electrons. The molecule has 0 fully saturated rings. The summed E-state index contributed by atoms with van der Waals surface area (Å²) in [7, 11) is 0. The van der Waals surface area contributed by atoms with E-state index in [9.17, 15) is 19.8 Å². The van der Waals surface area contributed by atoms with Crippen molar-refractivity contribution in [3.05, 3.63) is 0 Å². The van der Waals surface area contributed by atoms with E-state index in [0.29, 0.717) is 0 Å². The number of carbonyl (C=O) groups is 2. The molecule has 13 heavy (non-hydrogen) atoms. The van der Waals surface area contributed by atoms with Crippen molar-refractivity contribution in [2.75, 3.05) is 0 Å². The Balaban J connectivity index is -0.000000135. The van der Waals surface area contributed by atoms with Gasteiger partial charge in [-0.1, -0.05) is 0 Å². The Labute approximate surface area is 78.4 Å². The van der Waals surface area contributed by atoms with Gasteiger partial charge in [-0.3, -0.25) is 0 Å². The minimum absolute atomic E-state index is 0. The Bertz CT molecular complexity index is 152. The molecule has 0 spiro atoms. The third-order valence-corrected chi connectivity index (χ3v) is 0.962. The monoisotopic (exact) mass is 190 g/mol. The van der Waals surface area contributed by atoms with Gasteiger partial charge in [0.2, 0.25) is 0 Å². The van der Waals surface area contributed by atoms with Gasteiger partial charge in [0.05, 0.1) is 5.97 Å². The second kappa shape index (κ2) is 11.0. The van der Waals surface area contributed by atoms with Crippen LogP contribution in [0.4, 0.5) is 0 Å². The zero-order valence-electron chi connectivity index (χ0n) is 6.91. The van der Waals surface area contributed by atoms with E-state index < -0.39 is 18.0 Å². The zero-order chi connectivity index (χ0) is 8.15. The maximum Gasteiger partial charge on any atom is 2.00 e. The van der Waals surface area contributed by atoms with Crippen LogP contribution in [0.2, 0.25) is 0 Å². The van der Waals surface area contributed by atoms with Crippen molar-refractivity contribution in [3.8, 4) is 0 Å². The number of nitrogens with two attached hydrogens (primary N) is 1. The summed E-state index contributed by atoms with van der Waals surface area (Å²) in [5, 5.41) is 19.6. The Morgan fingerprint density at radius 1 is 1.23 bits per heavy atom. The van der Waals surface area contributed by atoms with Crippen molar-refractivity contribution in [1.82, 2.24) is 0 Å². The van der Waals surface area contributed by atoms with Crippen LogP contribution in [0.3, 0.4) is 0 Å². The van der Waals surface area contributed by atoms with Gasteiger partial charge >= 0.3 is 10.1 Å². The molecule has 0 saturated carbocycles. The molecule has 0 saturated heterocycles. The van der Waals surface area contributed by atoms with Crippen molar-refractivity contribution < 1.29 is 30.8 Å². The van der Waals surface area contributed by atoms with Crippen molar-refractivity contribution in [3.63, 3.8) is 0 Å². The first-order valence-electron chi connectivity index (χ1n) is 2.70. The predicted octanol–water partition coefficient (Wildman–Crippen LogP) is -5.44. The molecule has 0 heterocycles. The van der Waals surface area contributed by atoms with Crippen molar-refractivity contribution in [2.24, 2.45) is 5.73 Å². The van der Waals surface area contributed by atoms with Crippen LogP contribution in [0.5, 0.6) is 0 Å². The normalized spacial score (nSPS) is 9.62. The fourth-order valence-electron chi connectivity index (χ4n) is 0.391. The second-order valence-electron chi connectivity index (χ2n) is 1.84. The summed E-state index contributed by atoms with van der Waals surface area (Å²) >= 11 is 0. The van der Waals surface area contributed by atoms with Gasteiger partial charge in [-0.05, 0) is 12.8 Å². The SMILES string of the molecule is N[C@H](CCC(=O)[O-])C(=O)[O-].O.O.[Be+2]. The molecule has 7 nitrogen and oxygen atoms in total. The third-order valence-electron chi connectivity index (χ3n) is 0.962. The van der Waals surface area contributed by atoms with E-state index in [1.165, 1.54) is 0 Å². The number of aliphatic carboxylic acids is 2. The standard InChI is InChI=1S/C5H9NO4.Be.2H2O/c6-3(5(9)10)1-2-4(7)8;;;/h3H,1-2,6H2,(H,7,8)(H,9,10);;2*1H2/q;+2;;/p-2/t3-;;;/m1.../s1. The largest absolute Gasteiger partial charge is 2.00 e. The van der Waals surface area contributed by atoms with E-state index in [2.05, 4.69) is 0 Å².